The molecule has 0 radical (unpaired) electrons. The van der Waals surface area contributed by atoms with Crippen molar-refractivity contribution in [3.05, 3.63) is 52.7 Å². The van der Waals surface area contributed by atoms with Crippen LogP contribution in [0.5, 0.6) is 17.2 Å². The van der Waals surface area contributed by atoms with E-state index in [1.54, 1.807) is 0 Å². The van der Waals surface area contributed by atoms with Crippen molar-refractivity contribution in [2.75, 3.05) is 13.2 Å². The minimum absolute atomic E-state index is 0.0207. The van der Waals surface area contributed by atoms with Gasteiger partial charge in [0, 0.05) is 11.6 Å². The molecule has 52 heavy (non-hydrogen) atoms. The van der Waals surface area contributed by atoms with E-state index in [2.05, 4.69) is 0 Å². The summed E-state index contributed by atoms with van der Waals surface area (Å²) >= 11 is 0. The first-order valence-corrected chi connectivity index (χ1v) is 16.3. The lowest BCUT2D eigenvalue weighted by Gasteiger charge is -2.45. The fourth-order valence-corrected chi connectivity index (χ4v) is 6.13. The molecule has 3 aromatic rings. The number of benzene rings is 2. The van der Waals surface area contributed by atoms with Crippen LogP contribution in [-0.4, -0.2) is 162 Å². The van der Waals surface area contributed by atoms with Gasteiger partial charge < -0.3 is 89.0 Å². The van der Waals surface area contributed by atoms with Crippen LogP contribution in [0, 0.1) is 0 Å². The van der Waals surface area contributed by atoms with Gasteiger partial charge in [0.15, 0.2) is 18.2 Å². The van der Waals surface area contributed by atoms with E-state index in [0.717, 1.165) is 0 Å². The van der Waals surface area contributed by atoms with E-state index in [4.69, 9.17) is 32.8 Å². The molecule has 286 valence electrons. The molecular weight excluding hydrogens is 700 g/mol. The highest BCUT2D eigenvalue weighted by Crippen LogP contribution is 2.37. The minimum atomic E-state index is -1.94. The Kier molecular flexibility index (Phi) is 11.4. The third kappa shape index (κ3) is 7.21. The van der Waals surface area contributed by atoms with Crippen molar-refractivity contribution >= 4 is 11.0 Å². The molecule has 15 atom stereocenters. The number of aliphatic hydroxyl groups excluding tert-OH is 10. The standard InChI is InChI=1S/C33H40O19/c1-11-19(37)23(41)26(44)31(46-11)47-14-6-7-15-16(8-14)48-28(12-2-4-13(36)5-3-12)29(20(15)38)51-33-30(25(43)22(40)18(10-35)50-33)52-32-27(45)24(42)21(39)17(9-34)49-32/h2-8,11,17-19,21-27,30-37,39-45H,9-10H2,1H3/t11-,17+,18+,19-,21+,22+,23+,24-,25-,26+,27+,30+,31-,32-,33-/m0/s1. The molecule has 3 fully saturated rings. The van der Waals surface area contributed by atoms with Crippen LogP contribution in [0.1, 0.15) is 6.92 Å². The second-order valence-electron chi connectivity index (χ2n) is 12.7. The maximum absolute atomic E-state index is 14.1. The lowest BCUT2D eigenvalue weighted by atomic mass is 9.97. The maximum Gasteiger partial charge on any atom is 0.235 e. The van der Waals surface area contributed by atoms with Crippen LogP contribution >= 0.6 is 0 Å². The molecule has 0 saturated carbocycles. The maximum atomic E-state index is 14.1. The number of rotatable bonds is 9. The van der Waals surface area contributed by atoms with E-state index in [-0.39, 0.29) is 33.8 Å². The molecule has 1 aromatic heterocycles. The Morgan fingerprint density at radius 1 is 0.654 bits per heavy atom. The SMILES string of the molecule is C[C@@H]1O[C@@H](Oc2ccc3c(=O)c(O[C@@H]4O[C@H](CO)[C@@H](O)[C@H](O)[C@H]4O[C@@H]4O[C@H](CO)[C@@H](O)[C@H](O)[C@H]4O)c(-c4ccc(O)cc4)oc3c2)[C@H](O)[C@H](O)[C@H]1O. The van der Waals surface area contributed by atoms with Gasteiger partial charge in [-0.15, -0.1) is 0 Å². The highest BCUT2D eigenvalue weighted by molar-refractivity contribution is 5.83. The van der Waals surface area contributed by atoms with Gasteiger partial charge in [0.25, 0.3) is 0 Å². The Balaban J connectivity index is 1.38. The molecule has 6 rings (SSSR count). The third-order valence-corrected chi connectivity index (χ3v) is 9.21. The number of fused-ring (bicyclic) bond motifs is 1. The highest BCUT2D eigenvalue weighted by Gasteiger charge is 2.52. The smallest absolute Gasteiger partial charge is 0.235 e. The fraction of sp³-hybridized carbons (Fsp3) is 0.545. The zero-order chi connectivity index (χ0) is 37.6. The Hall–Kier alpha value is -3.51. The van der Waals surface area contributed by atoms with Gasteiger partial charge in [-0.2, -0.15) is 0 Å². The summed E-state index contributed by atoms with van der Waals surface area (Å²) in [5.74, 6) is -0.917. The van der Waals surface area contributed by atoms with Crippen LogP contribution < -0.4 is 14.9 Å². The van der Waals surface area contributed by atoms with Gasteiger partial charge in [-0.05, 0) is 43.3 Å². The number of phenolic OH excluding ortho intramolecular Hbond substituents is 1. The molecule has 0 amide bonds. The molecule has 0 unspecified atom stereocenters. The van der Waals surface area contributed by atoms with E-state index in [0.29, 0.717) is 0 Å². The molecule has 0 spiro atoms. The molecule has 0 bridgehead atoms. The van der Waals surface area contributed by atoms with Gasteiger partial charge in [0.05, 0.1) is 24.7 Å². The summed E-state index contributed by atoms with van der Waals surface area (Å²) in [6.07, 6.45) is -24.6. The van der Waals surface area contributed by atoms with Crippen molar-refractivity contribution in [3.63, 3.8) is 0 Å². The number of ether oxygens (including phenoxy) is 6. The first kappa shape index (κ1) is 38.2. The van der Waals surface area contributed by atoms with Crippen LogP contribution in [0.25, 0.3) is 22.3 Å². The van der Waals surface area contributed by atoms with Gasteiger partial charge in [-0.25, -0.2) is 0 Å². The van der Waals surface area contributed by atoms with Gasteiger partial charge >= 0.3 is 0 Å². The van der Waals surface area contributed by atoms with Crippen molar-refractivity contribution < 1.29 is 89.0 Å². The van der Waals surface area contributed by atoms with Gasteiger partial charge in [-0.3, -0.25) is 4.79 Å². The summed E-state index contributed by atoms with van der Waals surface area (Å²) in [4.78, 5) is 14.1. The minimum Gasteiger partial charge on any atom is -0.508 e. The van der Waals surface area contributed by atoms with Crippen LogP contribution in [0.2, 0.25) is 0 Å². The van der Waals surface area contributed by atoms with Crippen LogP contribution in [-0.2, 0) is 18.9 Å². The molecule has 3 saturated heterocycles. The number of hydrogen-bond donors (Lipinski definition) is 11. The van der Waals surface area contributed by atoms with Gasteiger partial charge in [0.2, 0.25) is 23.8 Å². The zero-order valence-corrected chi connectivity index (χ0v) is 27.3. The Bertz CT molecular complexity index is 1730. The van der Waals surface area contributed by atoms with Crippen molar-refractivity contribution in [1.82, 2.24) is 0 Å². The predicted molar refractivity (Wildman–Crippen MR) is 170 cm³/mol. The summed E-state index contributed by atoms with van der Waals surface area (Å²) in [7, 11) is 0. The van der Waals surface area contributed by atoms with Gasteiger partial charge in [0.1, 0.15) is 78.1 Å². The lowest BCUT2D eigenvalue weighted by Crippen LogP contribution is -2.65. The Labute approximate surface area is 293 Å². The topological polar surface area (TPSA) is 308 Å². The first-order valence-electron chi connectivity index (χ1n) is 16.3. The summed E-state index contributed by atoms with van der Waals surface area (Å²) in [6, 6.07) is 9.23. The second-order valence-corrected chi connectivity index (χ2v) is 12.7. The third-order valence-electron chi connectivity index (χ3n) is 9.21. The van der Waals surface area contributed by atoms with Gasteiger partial charge in [-0.1, -0.05) is 0 Å². The summed E-state index contributed by atoms with van der Waals surface area (Å²) < 4.78 is 40.2. The zero-order valence-electron chi connectivity index (χ0n) is 27.3. The molecule has 0 aliphatic carbocycles. The van der Waals surface area contributed by atoms with Crippen molar-refractivity contribution in [1.29, 1.82) is 0 Å². The quantitative estimate of drug-likeness (QED) is 0.101. The highest BCUT2D eigenvalue weighted by atomic mass is 16.8. The lowest BCUT2D eigenvalue weighted by molar-refractivity contribution is -0.358. The molecular formula is C33H40O19. The van der Waals surface area contributed by atoms with E-state index in [1.807, 2.05) is 0 Å². The Morgan fingerprint density at radius 3 is 1.90 bits per heavy atom. The normalized spacial score (nSPS) is 38.2. The number of aromatic hydroxyl groups is 1. The average Bonchev–Trinajstić information content (AvgIpc) is 3.13. The largest absolute Gasteiger partial charge is 0.508 e. The number of hydrogen-bond acceptors (Lipinski definition) is 19. The van der Waals surface area contributed by atoms with E-state index in [9.17, 15) is 61.0 Å². The van der Waals surface area contributed by atoms with Crippen LogP contribution in [0.15, 0.2) is 51.7 Å². The molecule has 4 heterocycles. The van der Waals surface area contributed by atoms with Crippen molar-refractivity contribution in [3.8, 4) is 28.6 Å². The summed E-state index contributed by atoms with van der Waals surface area (Å²) in [6.45, 7) is -0.166. The monoisotopic (exact) mass is 740 g/mol. The Morgan fingerprint density at radius 2 is 1.25 bits per heavy atom. The summed E-state index contributed by atoms with van der Waals surface area (Å²) in [5, 5.41) is 113. The first-order chi connectivity index (χ1) is 24.7. The van der Waals surface area contributed by atoms with E-state index in [1.165, 1.54) is 49.4 Å². The van der Waals surface area contributed by atoms with E-state index >= 15 is 0 Å². The molecule has 19 nitrogen and oxygen atoms in total. The molecule has 3 aliphatic rings. The van der Waals surface area contributed by atoms with Crippen molar-refractivity contribution in [2.45, 2.75) is 99.0 Å². The van der Waals surface area contributed by atoms with Crippen molar-refractivity contribution in [2.24, 2.45) is 0 Å². The number of aliphatic hydroxyl groups is 10. The van der Waals surface area contributed by atoms with Crippen LogP contribution in [0.4, 0.5) is 0 Å². The average molecular weight is 741 g/mol. The molecule has 2 aromatic carbocycles. The fourth-order valence-electron chi connectivity index (χ4n) is 6.13. The second kappa shape index (κ2) is 15.5. The predicted octanol–water partition coefficient (Wildman–Crippen LogP) is -3.63. The number of phenols is 1. The summed E-state index contributed by atoms with van der Waals surface area (Å²) in [5.41, 5.74) is -0.732. The molecule has 19 heteroatoms. The van der Waals surface area contributed by atoms with E-state index < -0.39 is 117 Å². The molecule has 3 aliphatic heterocycles. The van der Waals surface area contributed by atoms with Crippen LogP contribution in [0.3, 0.4) is 0 Å². The molecule has 11 N–H and O–H groups in total.